The number of carboxylic acid groups (broad SMARTS) is 1. The van der Waals surface area contributed by atoms with E-state index >= 15 is 0 Å². The van der Waals surface area contributed by atoms with Crippen LogP contribution in [-0.4, -0.2) is 30.4 Å². The molecule has 0 bridgehead atoms. The normalized spacial score (nSPS) is 19.2. The Morgan fingerprint density at radius 3 is 3.00 bits per heavy atom. The van der Waals surface area contributed by atoms with Crippen LogP contribution in [0.1, 0.15) is 23.2 Å². The maximum Gasteiger partial charge on any atom is 0.335 e. The van der Waals surface area contributed by atoms with Gasteiger partial charge in [-0.05, 0) is 31.0 Å². The average Bonchev–Trinajstić information content (AvgIpc) is 2.80. The second-order valence-electron chi connectivity index (χ2n) is 3.90. The van der Waals surface area contributed by atoms with Gasteiger partial charge in [-0.2, -0.15) is 0 Å². The molecule has 0 unspecified atom stereocenters. The summed E-state index contributed by atoms with van der Waals surface area (Å²) in [6.45, 7) is 1.01. The van der Waals surface area contributed by atoms with Crippen molar-refractivity contribution in [2.45, 2.75) is 18.9 Å². The molecule has 0 spiro atoms. The second-order valence-corrected chi connectivity index (χ2v) is 3.90. The van der Waals surface area contributed by atoms with Gasteiger partial charge >= 0.3 is 5.97 Å². The van der Waals surface area contributed by atoms with Gasteiger partial charge in [-0.25, -0.2) is 9.18 Å². The van der Waals surface area contributed by atoms with Gasteiger partial charge in [-0.1, -0.05) is 0 Å². The quantitative estimate of drug-likeness (QED) is 0.875. The highest BCUT2D eigenvalue weighted by atomic mass is 19.1. The van der Waals surface area contributed by atoms with Crippen molar-refractivity contribution in [3.8, 4) is 5.75 Å². The Kier molecular flexibility index (Phi) is 3.58. The first-order chi connectivity index (χ1) is 8.16. The molecule has 0 saturated carbocycles. The summed E-state index contributed by atoms with van der Waals surface area (Å²) in [6.07, 6.45) is 1.91. The Morgan fingerprint density at radius 1 is 1.59 bits per heavy atom. The topological polar surface area (TPSA) is 55.8 Å². The van der Waals surface area contributed by atoms with Crippen LogP contribution in [0.4, 0.5) is 4.39 Å². The zero-order valence-electron chi connectivity index (χ0n) is 9.19. The third kappa shape index (κ3) is 2.94. The van der Waals surface area contributed by atoms with Gasteiger partial charge in [0, 0.05) is 6.61 Å². The van der Waals surface area contributed by atoms with E-state index in [0.717, 1.165) is 18.9 Å². The van der Waals surface area contributed by atoms with Crippen molar-refractivity contribution >= 4 is 5.97 Å². The molecule has 17 heavy (non-hydrogen) atoms. The van der Waals surface area contributed by atoms with Gasteiger partial charge in [0.05, 0.1) is 11.7 Å². The SMILES string of the molecule is O=C(O)c1ccc(OC[C@@H]2CCCO2)c(F)c1. The van der Waals surface area contributed by atoms with E-state index in [1.165, 1.54) is 12.1 Å². The van der Waals surface area contributed by atoms with Gasteiger partial charge in [0.25, 0.3) is 0 Å². The molecule has 1 aliphatic rings. The lowest BCUT2D eigenvalue weighted by Crippen LogP contribution is -2.16. The van der Waals surface area contributed by atoms with Crippen LogP contribution < -0.4 is 4.74 Å². The van der Waals surface area contributed by atoms with Gasteiger partial charge < -0.3 is 14.6 Å². The highest BCUT2D eigenvalue weighted by molar-refractivity contribution is 5.87. The molecule has 1 atom stereocenters. The fourth-order valence-electron chi connectivity index (χ4n) is 1.71. The number of carbonyl (C=O) groups is 1. The van der Waals surface area contributed by atoms with Crippen molar-refractivity contribution in [2.75, 3.05) is 13.2 Å². The Morgan fingerprint density at radius 2 is 2.41 bits per heavy atom. The number of benzene rings is 1. The first kappa shape index (κ1) is 11.9. The van der Waals surface area contributed by atoms with Crippen molar-refractivity contribution in [1.82, 2.24) is 0 Å². The van der Waals surface area contributed by atoms with E-state index in [0.29, 0.717) is 13.2 Å². The van der Waals surface area contributed by atoms with Crippen molar-refractivity contribution in [1.29, 1.82) is 0 Å². The number of rotatable bonds is 4. The second kappa shape index (κ2) is 5.14. The lowest BCUT2D eigenvalue weighted by Gasteiger charge is -2.12. The summed E-state index contributed by atoms with van der Waals surface area (Å²) < 4.78 is 24.1. The predicted molar refractivity (Wildman–Crippen MR) is 57.8 cm³/mol. The van der Waals surface area contributed by atoms with E-state index in [1.807, 2.05) is 0 Å². The maximum atomic E-state index is 13.5. The molecule has 1 N–H and O–H groups in total. The molecule has 4 nitrogen and oxygen atoms in total. The number of hydrogen-bond donors (Lipinski definition) is 1. The fourth-order valence-corrected chi connectivity index (χ4v) is 1.71. The van der Waals surface area contributed by atoms with Crippen LogP contribution in [0.15, 0.2) is 18.2 Å². The number of ether oxygens (including phenoxy) is 2. The molecule has 1 aliphatic heterocycles. The van der Waals surface area contributed by atoms with Crippen LogP contribution in [0.2, 0.25) is 0 Å². The molecule has 1 fully saturated rings. The third-order valence-corrected chi connectivity index (χ3v) is 2.63. The van der Waals surface area contributed by atoms with E-state index < -0.39 is 11.8 Å². The standard InChI is InChI=1S/C12H13FO4/c13-10-6-8(12(14)15)3-4-11(10)17-7-9-2-1-5-16-9/h3-4,6,9H,1-2,5,7H2,(H,14,15)/t9-/m0/s1. The van der Waals surface area contributed by atoms with E-state index in [9.17, 15) is 9.18 Å². The summed E-state index contributed by atoms with van der Waals surface area (Å²) in [7, 11) is 0. The fraction of sp³-hybridized carbons (Fsp3) is 0.417. The summed E-state index contributed by atoms with van der Waals surface area (Å²) in [5, 5.41) is 8.68. The van der Waals surface area contributed by atoms with E-state index in [-0.39, 0.29) is 17.4 Å². The Balaban J connectivity index is 1.98. The van der Waals surface area contributed by atoms with Crippen molar-refractivity contribution < 1.29 is 23.8 Å². The molecule has 0 aliphatic carbocycles. The van der Waals surface area contributed by atoms with Gasteiger partial charge in [-0.3, -0.25) is 0 Å². The van der Waals surface area contributed by atoms with Crippen molar-refractivity contribution in [2.24, 2.45) is 0 Å². The first-order valence-electron chi connectivity index (χ1n) is 5.44. The summed E-state index contributed by atoms with van der Waals surface area (Å²) in [4.78, 5) is 10.6. The summed E-state index contributed by atoms with van der Waals surface area (Å²) >= 11 is 0. The van der Waals surface area contributed by atoms with Crippen molar-refractivity contribution in [3.63, 3.8) is 0 Å². The molecule has 2 rings (SSSR count). The molecule has 1 aromatic carbocycles. The van der Waals surface area contributed by atoms with Gasteiger partial charge in [0.15, 0.2) is 11.6 Å². The third-order valence-electron chi connectivity index (χ3n) is 2.63. The largest absolute Gasteiger partial charge is 0.488 e. The monoisotopic (exact) mass is 240 g/mol. The summed E-state index contributed by atoms with van der Waals surface area (Å²) in [5.74, 6) is -1.76. The van der Waals surface area contributed by atoms with Gasteiger partial charge in [0.2, 0.25) is 0 Å². The highest BCUT2D eigenvalue weighted by Crippen LogP contribution is 2.20. The Labute approximate surface area is 98.0 Å². The lowest BCUT2D eigenvalue weighted by atomic mass is 10.2. The molecule has 0 aromatic heterocycles. The molecule has 0 radical (unpaired) electrons. The highest BCUT2D eigenvalue weighted by Gasteiger charge is 2.17. The summed E-state index contributed by atoms with van der Waals surface area (Å²) in [5.41, 5.74) is -0.0908. The van der Waals surface area contributed by atoms with Crippen LogP contribution in [0.5, 0.6) is 5.75 Å². The molecular formula is C12H13FO4. The molecule has 1 heterocycles. The van der Waals surface area contributed by atoms with Crippen LogP contribution in [0.3, 0.4) is 0 Å². The van der Waals surface area contributed by atoms with Crippen LogP contribution in [0.25, 0.3) is 0 Å². The smallest absolute Gasteiger partial charge is 0.335 e. The lowest BCUT2D eigenvalue weighted by molar-refractivity contribution is 0.0661. The minimum absolute atomic E-state index is 0.00792. The van der Waals surface area contributed by atoms with Crippen molar-refractivity contribution in [3.05, 3.63) is 29.6 Å². The number of halogens is 1. The van der Waals surface area contributed by atoms with Gasteiger partial charge in [0.1, 0.15) is 6.61 Å². The number of aromatic carboxylic acids is 1. The molecule has 5 heteroatoms. The maximum absolute atomic E-state index is 13.5. The van der Waals surface area contributed by atoms with Gasteiger partial charge in [-0.15, -0.1) is 0 Å². The number of carboxylic acids is 1. The van der Waals surface area contributed by atoms with Crippen LogP contribution in [0, 0.1) is 5.82 Å². The Hall–Kier alpha value is -1.62. The molecular weight excluding hydrogens is 227 g/mol. The van der Waals surface area contributed by atoms with E-state index in [2.05, 4.69) is 0 Å². The van der Waals surface area contributed by atoms with Crippen LogP contribution in [-0.2, 0) is 4.74 Å². The van der Waals surface area contributed by atoms with E-state index in [1.54, 1.807) is 0 Å². The van der Waals surface area contributed by atoms with E-state index in [4.69, 9.17) is 14.6 Å². The average molecular weight is 240 g/mol. The Bertz CT molecular complexity index is 413. The minimum atomic E-state index is -1.16. The predicted octanol–water partition coefficient (Wildman–Crippen LogP) is 2.08. The minimum Gasteiger partial charge on any atom is -0.488 e. The molecule has 0 amide bonds. The van der Waals surface area contributed by atoms with Crippen LogP contribution >= 0.6 is 0 Å². The zero-order chi connectivity index (χ0) is 12.3. The molecule has 1 saturated heterocycles. The zero-order valence-corrected chi connectivity index (χ0v) is 9.19. The molecule has 92 valence electrons. The first-order valence-corrected chi connectivity index (χ1v) is 5.44. The summed E-state index contributed by atoms with van der Waals surface area (Å²) in [6, 6.07) is 3.59. The molecule has 1 aromatic rings. The number of hydrogen-bond acceptors (Lipinski definition) is 3.